The quantitative estimate of drug-likeness (QED) is 0.672. The zero-order chi connectivity index (χ0) is 16.8. The second kappa shape index (κ2) is 7.63. The monoisotopic (exact) mass is 316 g/mol. The molecule has 0 bridgehead atoms. The van der Waals surface area contributed by atoms with Crippen molar-refractivity contribution in [3.63, 3.8) is 0 Å². The number of hydrogen-bond donors (Lipinski definition) is 0. The molecule has 3 heteroatoms. The summed E-state index contributed by atoms with van der Waals surface area (Å²) in [7, 11) is 0. The second-order valence-corrected chi connectivity index (χ2v) is 5.68. The Morgan fingerprint density at radius 2 is 1.71 bits per heavy atom. The second-order valence-electron chi connectivity index (χ2n) is 5.68. The van der Waals surface area contributed by atoms with Crippen LogP contribution in [0, 0.1) is 11.3 Å². The van der Waals surface area contributed by atoms with Crippen molar-refractivity contribution < 1.29 is 4.74 Å². The Morgan fingerprint density at radius 3 is 2.38 bits per heavy atom. The van der Waals surface area contributed by atoms with Gasteiger partial charge in [0.05, 0.1) is 12.2 Å². The van der Waals surface area contributed by atoms with Crippen molar-refractivity contribution in [1.82, 2.24) is 4.57 Å². The molecule has 0 fully saturated rings. The number of hydrogen-bond acceptors (Lipinski definition) is 2. The van der Waals surface area contributed by atoms with Crippen LogP contribution < -0.4 is 0 Å². The molecule has 0 radical (unpaired) electrons. The summed E-state index contributed by atoms with van der Waals surface area (Å²) in [5, 5.41) is 9.42. The van der Waals surface area contributed by atoms with Gasteiger partial charge >= 0.3 is 0 Å². The van der Waals surface area contributed by atoms with Gasteiger partial charge in [-0.1, -0.05) is 42.5 Å². The molecule has 0 amide bonds. The van der Waals surface area contributed by atoms with E-state index in [1.165, 1.54) is 5.56 Å². The standard InChI is InChI=1S/C21H20N2O/c1-2-24-16-18-8-10-21(11-9-18)23-14-19(20(13-22)15-23)12-17-6-4-3-5-7-17/h3-11,14-15H,2,12,16H2,1H3. The summed E-state index contributed by atoms with van der Waals surface area (Å²) >= 11 is 0. The lowest BCUT2D eigenvalue weighted by Crippen LogP contribution is -1.94. The predicted molar refractivity (Wildman–Crippen MR) is 95.1 cm³/mol. The molecule has 2 aromatic carbocycles. The van der Waals surface area contributed by atoms with Crippen LogP contribution in [0.5, 0.6) is 0 Å². The maximum absolute atomic E-state index is 9.42. The summed E-state index contributed by atoms with van der Waals surface area (Å²) in [5.41, 5.74) is 5.17. The Labute approximate surface area is 142 Å². The van der Waals surface area contributed by atoms with Crippen molar-refractivity contribution in [2.24, 2.45) is 0 Å². The molecule has 3 nitrogen and oxygen atoms in total. The van der Waals surface area contributed by atoms with Crippen LogP contribution in [0.2, 0.25) is 0 Å². The molecule has 0 saturated carbocycles. The minimum Gasteiger partial charge on any atom is -0.377 e. The number of rotatable bonds is 6. The summed E-state index contributed by atoms with van der Waals surface area (Å²) in [4.78, 5) is 0. The molecule has 0 atom stereocenters. The molecule has 0 N–H and O–H groups in total. The normalized spacial score (nSPS) is 10.5. The van der Waals surface area contributed by atoms with Gasteiger partial charge in [0.2, 0.25) is 0 Å². The summed E-state index contributed by atoms with van der Waals surface area (Å²) in [6, 6.07) is 20.8. The third-order valence-electron chi connectivity index (χ3n) is 3.97. The van der Waals surface area contributed by atoms with E-state index >= 15 is 0 Å². The zero-order valence-corrected chi connectivity index (χ0v) is 13.8. The molecule has 0 spiro atoms. The van der Waals surface area contributed by atoms with Gasteiger partial charge in [0.1, 0.15) is 6.07 Å². The van der Waals surface area contributed by atoms with E-state index in [-0.39, 0.29) is 0 Å². The maximum Gasteiger partial charge on any atom is 0.101 e. The molecule has 0 aliphatic rings. The Hall–Kier alpha value is -2.83. The first-order valence-corrected chi connectivity index (χ1v) is 8.12. The van der Waals surface area contributed by atoms with Gasteiger partial charge in [0, 0.05) is 31.1 Å². The molecule has 0 unspecified atom stereocenters. The average molecular weight is 316 g/mol. The molecule has 0 aliphatic heterocycles. The Morgan fingerprint density at radius 1 is 0.958 bits per heavy atom. The highest BCUT2D eigenvalue weighted by atomic mass is 16.5. The lowest BCUT2D eigenvalue weighted by Gasteiger charge is -2.05. The van der Waals surface area contributed by atoms with Gasteiger partial charge in [-0.3, -0.25) is 0 Å². The fourth-order valence-corrected chi connectivity index (χ4v) is 2.69. The van der Waals surface area contributed by atoms with E-state index in [9.17, 15) is 5.26 Å². The first kappa shape index (κ1) is 16.0. The van der Waals surface area contributed by atoms with Gasteiger partial charge in [-0.15, -0.1) is 0 Å². The maximum atomic E-state index is 9.42. The highest BCUT2D eigenvalue weighted by Gasteiger charge is 2.08. The van der Waals surface area contributed by atoms with Crippen molar-refractivity contribution in [2.45, 2.75) is 20.0 Å². The van der Waals surface area contributed by atoms with E-state index in [1.54, 1.807) is 0 Å². The van der Waals surface area contributed by atoms with Crippen molar-refractivity contribution in [2.75, 3.05) is 6.61 Å². The minimum atomic E-state index is 0.630. The summed E-state index contributed by atoms with van der Waals surface area (Å²) in [5.74, 6) is 0. The van der Waals surface area contributed by atoms with Gasteiger partial charge < -0.3 is 9.30 Å². The lowest BCUT2D eigenvalue weighted by molar-refractivity contribution is 0.134. The number of nitriles is 1. The smallest absolute Gasteiger partial charge is 0.101 e. The Balaban J connectivity index is 1.83. The first-order valence-electron chi connectivity index (χ1n) is 8.12. The molecule has 1 aromatic heterocycles. The molecule has 0 saturated heterocycles. The molecule has 0 aliphatic carbocycles. The number of ether oxygens (including phenoxy) is 1. The van der Waals surface area contributed by atoms with Crippen LogP contribution in [0.25, 0.3) is 5.69 Å². The van der Waals surface area contributed by atoms with E-state index in [1.807, 2.05) is 42.1 Å². The summed E-state index contributed by atoms with van der Waals surface area (Å²) in [6.45, 7) is 3.34. The average Bonchev–Trinajstić information content (AvgIpc) is 3.04. The largest absolute Gasteiger partial charge is 0.377 e. The van der Waals surface area contributed by atoms with Crippen LogP contribution in [0.4, 0.5) is 0 Å². The molecular formula is C21H20N2O. The van der Waals surface area contributed by atoms with Crippen molar-refractivity contribution in [3.8, 4) is 11.8 Å². The fourth-order valence-electron chi connectivity index (χ4n) is 2.69. The summed E-state index contributed by atoms with van der Waals surface area (Å²) < 4.78 is 7.44. The van der Waals surface area contributed by atoms with Crippen LogP contribution in [0.3, 0.4) is 0 Å². The highest BCUT2D eigenvalue weighted by Crippen LogP contribution is 2.19. The van der Waals surface area contributed by atoms with E-state index in [0.29, 0.717) is 13.2 Å². The Bertz CT molecular complexity index is 827. The van der Waals surface area contributed by atoms with Crippen LogP contribution in [-0.4, -0.2) is 11.2 Å². The summed E-state index contributed by atoms with van der Waals surface area (Å²) in [6.07, 6.45) is 4.71. The lowest BCUT2D eigenvalue weighted by atomic mass is 10.1. The molecular weight excluding hydrogens is 296 g/mol. The molecule has 24 heavy (non-hydrogen) atoms. The van der Waals surface area contributed by atoms with Gasteiger partial charge in [0.15, 0.2) is 0 Å². The molecule has 1 heterocycles. The van der Waals surface area contributed by atoms with Gasteiger partial charge in [-0.25, -0.2) is 0 Å². The van der Waals surface area contributed by atoms with Gasteiger partial charge in [-0.05, 0) is 35.7 Å². The van der Waals surface area contributed by atoms with Gasteiger partial charge in [0.25, 0.3) is 0 Å². The SMILES string of the molecule is CCOCc1ccc(-n2cc(C#N)c(Cc3ccccc3)c2)cc1. The van der Waals surface area contributed by atoms with E-state index in [2.05, 4.69) is 42.5 Å². The van der Waals surface area contributed by atoms with Gasteiger partial charge in [-0.2, -0.15) is 5.26 Å². The molecule has 3 aromatic rings. The third-order valence-corrected chi connectivity index (χ3v) is 3.97. The van der Waals surface area contributed by atoms with E-state index in [0.717, 1.165) is 28.8 Å². The number of aromatic nitrogens is 1. The molecule has 120 valence electrons. The van der Waals surface area contributed by atoms with Crippen molar-refractivity contribution in [3.05, 3.63) is 89.2 Å². The highest BCUT2D eigenvalue weighted by molar-refractivity contribution is 5.44. The zero-order valence-electron chi connectivity index (χ0n) is 13.8. The van der Waals surface area contributed by atoms with Crippen LogP contribution in [0.15, 0.2) is 67.0 Å². The Kier molecular flexibility index (Phi) is 5.10. The van der Waals surface area contributed by atoms with E-state index < -0.39 is 0 Å². The van der Waals surface area contributed by atoms with E-state index in [4.69, 9.17) is 4.74 Å². The van der Waals surface area contributed by atoms with Crippen molar-refractivity contribution in [1.29, 1.82) is 5.26 Å². The third kappa shape index (κ3) is 3.73. The minimum absolute atomic E-state index is 0.630. The predicted octanol–water partition coefficient (Wildman–Crippen LogP) is 4.48. The topological polar surface area (TPSA) is 38.0 Å². The van der Waals surface area contributed by atoms with Crippen molar-refractivity contribution >= 4 is 0 Å². The van der Waals surface area contributed by atoms with Crippen LogP contribution in [0.1, 0.15) is 29.2 Å². The number of nitrogens with zero attached hydrogens (tertiary/aromatic N) is 2. The van der Waals surface area contributed by atoms with Crippen LogP contribution >= 0.6 is 0 Å². The fraction of sp³-hybridized carbons (Fsp3) is 0.190. The first-order chi connectivity index (χ1) is 11.8. The number of benzene rings is 2. The molecule has 3 rings (SSSR count). The van der Waals surface area contributed by atoms with Crippen LogP contribution in [-0.2, 0) is 17.8 Å².